The van der Waals surface area contributed by atoms with E-state index in [1.807, 2.05) is 11.8 Å². The molecule has 4 nitrogen and oxygen atoms in total. The molecule has 1 aliphatic heterocycles. The fraction of sp³-hybridized carbons (Fsp3) is 0.727. The molecule has 1 heterocycles. The van der Waals surface area contributed by atoms with Crippen LogP contribution in [0.25, 0.3) is 0 Å². The van der Waals surface area contributed by atoms with E-state index in [0.717, 1.165) is 39.1 Å². The van der Waals surface area contributed by atoms with Crippen LogP contribution in [-0.2, 0) is 4.79 Å². The Kier molecular flexibility index (Phi) is 4.78. The summed E-state index contributed by atoms with van der Waals surface area (Å²) in [5, 5.41) is 8.64. The molecule has 1 fully saturated rings. The molecule has 0 unspecified atom stereocenters. The topological polar surface area (TPSA) is 43.8 Å². The Balaban J connectivity index is 2.18. The summed E-state index contributed by atoms with van der Waals surface area (Å²) in [6, 6.07) is 0. The van der Waals surface area contributed by atoms with Crippen LogP contribution in [0.4, 0.5) is 0 Å². The van der Waals surface area contributed by atoms with Crippen molar-refractivity contribution in [1.29, 1.82) is 0 Å². The van der Waals surface area contributed by atoms with Crippen LogP contribution < -0.4 is 0 Å². The highest BCUT2D eigenvalue weighted by molar-refractivity contribution is 5.69. The first kappa shape index (κ1) is 12.2. The fourth-order valence-electron chi connectivity index (χ4n) is 1.71. The van der Waals surface area contributed by atoms with E-state index in [2.05, 4.69) is 11.5 Å². The van der Waals surface area contributed by atoms with Crippen LogP contribution in [0.1, 0.15) is 13.3 Å². The Hall–Kier alpha value is -0.870. The number of piperazine rings is 1. The van der Waals surface area contributed by atoms with E-state index in [0.29, 0.717) is 0 Å². The van der Waals surface area contributed by atoms with Gasteiger partial charge in [0, 0.05) is 32.7 Å². The molecule has 0 aromatic carbocycles. The van der Waals surface area contributed by atoms with Crippen LogP contribution in [-0.4, -0.2) is 60.1 Å². The highest BCUT2D eigenvalue weighted by Gasteiger charge is 2.17. The van der Waals surface area contributed by atoms with Crippen LogP contribution >= 0.6 is 0 Å². The minimum atomic E-state index is -0.731. The molecule has 0 aliphatic carbocycles. The van der Waals surface area contributed by atoms with Gasteiger partial charge >= 0.3 is 5.97 Å². The van der Waals surface area contributed by atoms with Gasteiger partial charge in [0.25, 0.3) is 0 Å². The van der Waals surface area contributed by atoms with Crippen LogP contribution in [0.2, 0.25) is 0 Å². The molecule has 1 rings (SSSR count). The Morgan fingerprint density at radius 2 is 1.80 bits per heavy atom. The highest BCUT2D eigenvalue weighted by Crippen LogP contribution is 2.04. The summed E-state index contributed by atoms with van der Waals surface area (Å²) in [4.78, 5) is 14.9. The zero-order chi connectivity index (χ0) is 11.3. The van der Waals surface area contributed by atoms with Gasteiger partial charge in [0.15, 0.2) is 0 Å². The number of rotatable bonds is 5. The van der Waals surface area contributed by atoms with Gasteiger partial charge in [-0.1, -0.05) is 5.57 Å². The van der Waals surface area contributed by atoms with Crippen molar-refractivity contribution in [2.75, 3.05) is 39.3 Å². The quantitative estimate of drug-likeness (QED) is 0.680. The zero-order valence-corrected chi connectivity index (χ0v) is 9.41. The molecule has 4 heteroatoms. The van der Waals surface area contributed by atoms with E-state index in [4.69, 9.17) is 5.11 Å². The standard InChI is InChI=1S/C11H20N2O2/c1-10(2)3-4-12-5-7-13(8-6-12)9-11(14)15/h1,3-9H2,2H3,(H,14,15). The van der Waals surface area contributed by atoms with Crippen molar-refractivity contribution in [3.05, 3.63) is 12.2 Å². The Morgan fingerprint density at radius 1 is 1.27 bits per heavy atom. The Bertz CT molecular complexity index is 233. The molecule has 0 saturated carbocycles. The van der Waals surface area contributed by atoms with Gasteiger partial charge in [-0.25, -0.2) is 0 Å². The molecule has 1 aliphatic rings. The van der Waals surface area contributed by atoms with Gasteiger partial charge in [0.05, 0.1) is 6.54 Å². The lowest BCUT2D eigenvalue weighted by atomic mass is 10.2. The van der Waals surface area contributed by atoms with Crippen molar-refractivity contribution in [2.24, 2.45) is 0 Å². The number of carboxylic acid groups (broad SMARTS) is 1. The zero-order valence-electron chi connectivity index (χ0n) is 9.41. The number of aliphatic carboxylic acids is 1. The molecule has 0 bridgehead atoms. The predicted octanol–water partition coefficient (Wildman–Crippen LogP) is 0.655. The minimum absolute atomic E-state index is 0.175. The van der Waals surface area contributed by atoms with Gasteiger partial charge < -0.3 is 10.0 Å². The summed E-state index contributed by atoms with van der Waals surface area (Å²) in [5.41, 5.74) is 1.21. The monoisotopic (exact) mass is 212 g/mol. The summed E-state index contributed by atoms with van der Waals surface area (Å²) in [7, 11) is 0. The molecule has 0 aromatic heterocycles. The third-order valence-corrected chi connectivity index (χ3v) is 2.68. The molecule has 0 atom stereocenters. The van der Waals surface area contributed by atoms with Crippen LogP contribution in [0.5, 0.6) is 0 Å². The van der Waals surface area contributed by atoms with Gasteiger partial charge in [-0.15, -0.1) is 6.58 Å². The van der Waals surface area contributed by atoms with Crippen molar-refractivity contribution >= 4 is 5.97 Å². The maximum atomic E-state index is 10.5. The van der Waals surface area contributed by atoms with Gasteiger partial charge in [-0.2, -0.15) is 0 Å². The van der Waals surface area contributed by atoms with Gasteiger partial charge in [0.1, 0.15) is 0 Å². The number of carboxylic acids is 1. The predicted molar refractivity (Wildman–Crippen MR) is 59.9 cm³/mol. The summed E-state index contributed by atoms with van der Waals surface area (Å²) < 4.78 is 0. The second-order valence-corrected chi connectivity index (χ2v) is 4.22. The summed E-state index contributed by atoms with van der Waals surface area (Å²) >= 11 is 0. The molecular formula is C11H20N2O2. The Labute approximate surface area is 91.2 Å². The maximum absolute atomic E-state index is 10.5. The first-order valence-electron chi connectivity index (χ1n) is 5.39. The molecule has 0 aromatic rings. The molecule has 1 saturated heterocycles. The third kappa shape index (κ3) is 4.95. The normalized spacial score (nSPS) is 19.0. The highest BCUT2D eigenvalue weighted by atomic mass is 16.4. The van der Waals surface area contributed by atoms with E-state index in [1.165, 1.54) is 5.57 Å². The van der Waals surface area contributed by atoms with Crippen LogP contribution in [0, 0.1) is 0 Å². The molecule has 0 spiro atoms. The lowest BCUT2D eigenvalue weighted by Crippen LogP contribution is -2.48. The minimum Gasteiger partial charge on any atom is -0.480 e. The van der Waals surface area contributed by atoms with Gasteiger partial charge in [-0.05, 0) is 13.3 Å². The number of hydrogen-bond acceptors (Lipinski definition) is 3. The number of nitrogens with zero attached hydrogens (tertiary/aromatic N) is 2. The summed E-state index contributed by atoms with van der Waals surface area (Å²) in [6.45, 7) is 10.8. The largest absolute Gasteiger partial charge is 0.480 e. The SMILES string of the molecule is C=C(C)CCN1CCN(CC(=O)O)CC1. The molecule has 0 radical (unpaired) electrons. The smallest absolute Gasteiger partial charge is 0.317 e. The lowest BCUT2D eigenvalue weighted by molar-refractivity contribution is -0.138. The fourth-order valence-corrected chi connectivity index (χ4v) is 1.71. The number of hydrogen-bond donors (Lipinski definition) is 1. The first-order chi connectivity index (χ1) is 7.08. The molecule has 86 valence electrons. The molecular weight excluding hydrogens is 192 g/mol. The lowest BCUT2D eigenvalue weighted by Gasteiger charge is -2.33. The number of carbonyl (C=O) groups is 1. The van der Waals surface area contributed by atoms with E-state index < -0.39 is 5.97 Å². The van der Waals surface area contributed by atoms with Crippen molar-refractivity contribution < 1.29 is 9.90 Å². The molecule has 15 heavy (non-hydrogen) atoms. The second-order valence-electron chi connectivity index (χ2n) is 4.22. The Morgan fingerprint density at radius 3 is 2.27 bits per heavy atom. The molecule has 1 N–H and O–H groups in total. The molecule has 0 amide bonds. The van der Waals surface area contributed by atoms with Gasteiger partial charge in [-0.3, -0.25) is 9.69 Å². The maximum Gasteiger partial charge on any atom is 0.317 e. The average molecular weight is 212 g/mol. The first-order valence-corrected chi connectivity index (χ1v) is 5.39. The van der Waals surface area contributed by atoms with Crippen molar-refractivity contribution in [2.45, 2.75) is 13.3 Å². The van der Waals surface area contributed by atoms with E-state index in [-0.39, 0.29) is 6.54 Å². The van der Waals surface area contributed by atoms with Crippen LogP contribution in [0.15, 0.2) is 12.2 Å². The van der Waals surface area contributed by atoms with Crippen LogP contribution in [0.3, 0.4) is 0 Å². The van der Waals surface area contributed by atoms with E-state index in [9.17, 15) is 4.79 Å². The third-order valence-electron chi connectivity index (χ3n) is 2.68. The van der Waals surface area contributed by atoms with Gasteiger partial charge in [0.2, 0.25) is 0 Å². The summed E-state index contributed by atoms with van der Waals surface area (Å²) in [6.07, 6.45) is 1.04. The van der Waals surface area contributed by atoms with E-state index >= 15 is 0 Å². The van der Waals surface area contributed by atoms with Crippen molar-refractivity contribution in [3.63, 3.8) is 0 Å². The second kappa shape index (κ2) is 5.88. The summed E-state index contributed by atoms with van der Waals surface area (Å²) in [5.74, 6) is -0.731. The van der Waals surface area contributed by atoms with Crippen molar-refractivity contribution in [3.8, 4) is 0 Å². The van der Waals surface area contributed by atoms with E-state index in [1.54, 1.807) is 0 Å². The average Bonchev–Trinajstić information content (AvgIpc) is 2.16. The van der Waals surface area contributed by atoms with Crippen molar-refractivity contribution in [1.82, 2.24) is 9.80 Å².